The van der Waals surface area contributed by atoms with Gasteiger partial charge in [0, 0.05) is 26.2 Å². The second-order valence-electron chi connectivity index (χ2n) is 4.68. The number of rotatable bonds is 4. The van der Waals surface area contributed by atoms with Crippen molar-refractivity contribution in [1.29, 1.82) is 0 Å². The fourth-order valence-electron chi connectivity index (χ4n) is 2.46. The van der Waals surface area contributed by atoms with Gasteiger partial charge >= 0.3 is 6.03 Å². The Morgan fingerprint density at radius 3 is 2.94 bits per heavy atom. The molecule has 6 heteroatoms. The maximum Gasteiger partial charge on any atom is 0.324 e. The minimum Gasteiger partial charge on any atom is -0.396 e. The zero-order valence-corrected chi connectivity index (χ0v) is 9.89. The van der Waals surface area contributed by atoms with E-state index in [0.29, 0.717) is 25.6 Å². The number of carbonyl (C=O) groups is 2. The number of imide groups is 1. The lowest BCUT2D eigenvalue weighted by Crippen LogP contribution is -2.41. The summed E-state index contributed by atoms with van der Waals surface area (Å²) >= 11 is 0. The van der Waals surface area contributed by atoms with Crippen molar-refractivity contribution < 1.29 is 14.7 Å². The molecule has 0 aliphatic carbocycles. The van der Waals surface area contributed by atoms with Gasteiger partial charge in [-0.3, -0.25) is 14.6 Å². The molecule has 0 bridgehead atoms. The fraction of sp³-hybridized carbons (Fsp3) is 0.818. The van der Waals surface area contributed by atoms with Crippen LogP contribution in [0.5, 0.6) is 0 Å². The Labute approximate surface area is 101 Å². The van der Waals surface area contributed by atoms with Crippen LogP contribution in [0.4, 0.5) is 4.79 Å². The summed E-state index contributed by atoms with van der Waals surface area (Å²) in [6.45, 7) is 3.28. The summed E-state index contributed by atoms with van der Waals surface area (Å²) in [6.07, 6.45) is 1.83. The molecule has 2 fully saturated rings. The van der Waals surface area contributed by atoms with E-state index in [-0.39, 0.29) is 18.5 Å². The number of nitrogens with one attached hydrogen (secondary N) is 1. The Morgan fingerprint density at radius 1 is 1.47 bits per heavy atom. The monoisotopic (exact) mass is 241 g/mol. The molecule has 2 saturated heterocycles. The van der Waals surface area contributed by atoms with Crippen molar-refractivity contribution in [2.45, 2.75) is 12.8 Å². The normalized spacial score (nSPS) is 25.4. The highest BCUT2D eigenvalue weighted by molar-refractivity contribution is 5.96. The summed E-state index contributed by atoms with van der Waals surface area (Å²) in [5, 5.41) is 11.5. The lowest BCUT2D eigenvalue weighted by molar-refractivity contribution is -0.128. The number of carbonyl (C=O) groups excluding carboxylic acids is 2. The Balaban J connectivity index is 1.78. The van der Waals surface area contributed by atoms with E-state index in [1.165, 1.54) is 4.90 Å². The third-order valence-electron chi connectivity index (χ3n) is 3.42. The molecule has 6 nitrogen and oxygen atoms in total. The van der Waals surface area contributed by atoms with E-state index >= 15 is 0 Å². The van der Waals surface area contributed by atoms with Gasteiger partial charge in [0.15, 0.2) is 0 Å². The summed E-state index contributed by atoms with van der Waals surface area (Å²) in [6, 6.07) is -0.277. The summed E-state index contributed by atoms with van der Waals surface area (Å²) in [5.41, 5.74) is 0. The van der Waals surface area contributed by atoms with E-state index in [1.54, 1.807) is 0 Å². The number of hydrogen-bond donors (Lipinski definition) is 2. The predicted molar refractivity (Wildman–Crippen MR) is 61.4 cm³/mol. The van der Waals surface area contributed by atoms with Gasteiger partial charge in [0.05, 0.1) is 6.54 Å². The molecule has 2 aliphatic rings. The van der Waals surface area contributed by atoms with Crippen LogP contribution < -0.4 is 5.32 Å². The maximum atomic E-state index is 11.9. The number of aliphatic hydroxyl groups is 1. The molecule has 3 amide bonds. The molecule has 1 unspecified atom stereocenters. The Hall–Kier alpha value is -1.14. The highest BCUT2D eigenvalue weighted by atomic mass is 16.3. The van der Waals surface area contributed by atoms with E-state index in [4.69, 9.17) is 5.11 Å². The van der Waals surface area contributed by atoms with Crippen LogP contribution in [-0.4, -0.2) is 66.2 Å². The minimum atomic E-state index is -0.277. The molecule has 96 valence electrons. The first kappa shape index (κ1) is 12.3. The number of aliphatic hydroxyl groups excluding tert-OH is 1. The van der Waals surface area contributed by atoms with Gasteiger partial charge in [0.2, 0.25) is 5.91 Å². The first-order valence-corrected chi connectivity index (χ1v) is 6.12. The quantitative estimate of drug-likeness (QED) is 0.679. The van der Waals surface area contributed by atoms with Crippen molar-refractivity contribution >= 4 is 11.9 Å². The third kappa shape index (κ3) is 2.95. The van der Waals surface area contributed by atoms with Crippen LogP contribution in [0.2, 0.25) is 0 Å². The van der Waals surface area contributed by atoms with Crippen LogP contribution in [0.1, 0.15) is 12.8 Å². The summed E-state index contributed by atoms with van der Waals surface area (Å²) in [7, 11) is 0. The fourth-order valence-corrected chi connectivity index (χ4v) is 2.46. The number of hydrogen-bond acceptors (Lipinski definition) is 4. The smallest absolute Gasteiger partial charge is 0.324 e. The van der Waals surface area contributed by atoms with Crippen molar-refractivity contribution in [3.05, 3.63) is 0 Å². The number of amides is 3. The molecule has 1 atom stereocenters. The molecule has 2 N–H and O–H groups in total. The topological polar surface area (TPSA) is 72.9 Å². The largest absolute Gasteiger partial charge is 0.396 e. The van der Waals surface area contributed by atoms with Crippen molar-refractivity contribution in [3.63, 3.8) is 0 Å². The third-order valence-corrected chi connectivity index (χ3v) is 3.42. The molecule has 2 aliphatic heterocycles. The van der Waals surface area contributed by atoms with Crippen LogP contribution in [0.3, 0.4) is 0 Å². The molecule has 2 rings (SSSR count). The molecule has 2 heterocycles. The summed E-state index contributed by atoms with van der Waals surface area (Å²) in [5.74, 6) is 0.366. The van der Waals surface area contributed by atoms with Crippen molar-refractivity contribution in [2.75, 3.05) is 39.3 Å². The van der Waals surface area contributed by atoms with E-state index in [1.807, 2.05) is 0 Å². The molecular formula is C11H19N3O3. The van der Waals surface area contributed by atoms with Gasteiger partial charge < -0.3 is 10.4 Å². The predicted octanol–water partition coefficient (Wildman–Crippen LogP) is -0.757. The number of urea groups is 1. The SMILES string of the molecule is O=C(CN1CCC(CCO)C1)N1CCNC1=O. The standard InChI is InChI=1S/C11H19N3O3/c15-6-2-9-1-4-13(7-9)8-10(16)14-5-3-12-11(14)17/h9,15H,1-8H2,(H,12,17). The van der Waals surface area contributed by atoms with Gasteiger partial charge in [-0.15, -0.1) is 0 Å². The van der Waals surface area contributed by atoms with Gasteiger partial charge in [-0.25, -0.2) is 4.79 Å². The molecule has 0 radical (unpaired) electrons. The lowest BCUT2D eigenvalue weighted by Gasteiger charge is -2.18. The van der Waals surface area contributed by atoms with Gasteiger partial charge in [-0.05, 0) is 25.3 Å². The molecule has 0 aromatic heterocycles. The Morgan fingerprint density at radius 2 is 2.29 bits per heavy atom. The van der Waals surface area contributed by atoms with Crippen molar-refractivity contribution in [3.8, 4) is 0 Å². The average Bonchev–Trinajstić information content (AvgIpc) is 2.88. The van der Waals surface area contributed by atoms with Crippen LogP contribution >= 0.6 is 0 Å². The molecule has 0 spiro atoms. The van der Waals surface area contributed by atoms with Crippen molar-refractivity contribution in [2.24, 2.45) is 5.92 Å². The van der Waals surface area contributed by atoms with E-state index in [2.05, 4.69) is 10.2 Å². The molecule has 0 aromatic carbocycles. The number of nitrogens with zero attached hydrogens (tertiary/aromatic N) is 2. The first-order valence-electron chi connectivity index (χ1n) is 6.12. The molecule has 0 saturated carbocycles. The zero-order valence-electron chi connectivity index (χ0n) is 9.89. The Bertz CT molecular complexity index is 308. The van der Waals surface area contributed by atoms with Gasteiger partial charge in [-0.2, -0.15) is 0 Å². The first-order chi connectivity index (χ1) is 8.20. The van der Waals surface area contributed by atoms with E-state index < -0.39 is 0 Å². The average molecular weight is 241 g/mol. The minimum absolute atomic E-state index is 0.121. The zero-order chi connectivity index (χ0) is 12.3. The molecule has 17 heavy (non-hydrogen) atoms. The van der Waals surface area contributed by atoms with Crippen LogP contribution in [0, 0.1) is 5.92 Å². The second kappa shape index (κ2) is 5.46. The highest BCUT2D eigenvalue weighted by Gasteiger charge is 2.29. The second-order valence-corrected chi connectivity index (χ2v) is 4.68. The van der Waals surface area contributed by atoms with Crippen LogP contribution in [0.15, 0.2) is 0 Å². The molecule has 0 aromatic rings. The van der Waals surface area contributed by atoms with Gasteiger partial charge in [0.25, 0.3) is 0 Å². The summed E-state index contributed by atoms with van der Waals surface area (Å²) in [4.78, 5) is 26.5. The van der Waals surface area contributed by atoms with Crippen LogP contribution in [-0.2, 0) is 4.79 Å². The maximum absolute atomic E-state index is 11.9. The van der Waals surface area contributed by atoms with Crippen molar-refractivity contribution in [1.82, 2.24) is 15.1 Å². The van der Waals surface area contributed by atoms with E-state index in [9.17, 15) is 9.59 Å². The van der Waals surface area contributed by atoms with Gasteiger partial charge in [0.1, 0.15) is 0 Å². The lowest BCUT2D eigenvalue weighted by atomic mass is 10.1. The van der Waals surface area contributed by atoms with Crippen LogP contribution in [0.25, 0.3) is 0 Å². The van der Waals surface area contributed by atoms with E-state index in [0.717, 1.165) is 25.9 Å². The highest BCUT2D eigenvalue weighted by Crippen LogP contribution is 2.19. The van der Waals surface area contributed by atoms with Gasteiger partial charge in [-0.1, -0.05) is 0 Å². The Kier molecular flexibility index (Phi) is 3.96. The molecular weight excluding hydrogens is 222 g/mol. The summed E-state index contributed by atoms with van der Waals surface area (Å²) < 4.78 is 0. The number of likely N-dealkylation sites (tertiary alicyclic amines) is 1.